The molecule has 0 radical (unpaired) electrons. The van der Waals surface area contributed by atoms with Crippen LogP contribution in [0, 0.1) is 0 Å². The van der Waals surface area contributed by atoms with Crippen LogP contribution in [0.15, 0.2) is 24.5 Å². The molecule has 3 heterocycles. The van der Waals surface area contributed by atoms with Crippen LogP contribution in [0.25, 0.3) is 5.65 Å². The lowest BCUT2D eigenvalue weighted by molar-refractivity contribution is 0.198. The third-order valence-corrected chi connectivity index (χ3v) is 3.53. The Bertz CT molecular complexity index is 555. The molecule has 0 spiro atoms. The van der Waals surface area contributed by atoms with Crippen molar-refractivity contribution in [1.29, 1.82) is 0 Å². The number of halogens is 2. The molecular weight excluding hydrogens is 283 g/mol. The van der Waals surface area contributed by atoms with Crippen molar-refractivity contribution in [2.75, 3.05) is 19.6 Å². The lowest BCUT2D eigenvalue weighted by atomic mass is 10.2. The number of piperazine rings is 1. The molecule has 1 saturated heterocycles. The van der Waals surface area contributed by atoms with Gasteiger partial charge in [-0.25, -0.2) is 4.98 Å². The van der Waals surface area contributed by atoms with Gasteiger partial charge in [-0.15, -0.1) is 12.4 Å². The van der Waals surface area contributed by atoms with E-state index in [-0.39, 0.29) is 12.4 Å². The topological polar surface area (TPSA) is 32.6 Å². The minimum Gasteiger partial charge on any atom is -0.312 e. The summed E-state index contributed by atoms with van der Waals surface area (Å²) >= 11 is 5.97. The van der Waals surface area contributed by atoms with E-state index in [4.69, 9.17) is 11.6 Å². The normalized spacial score (nSPS) is 20.4. The van der Waals surface area contributed by atoms with Gasteiger partial charge in [-0.3, -0.25) is 4.90 Å². The van der Waals surface area contributed by atoms with Gasteiger partial charge in [-0.1, -0.05) is 11.6 Å². The fraction of sp³-hybridized carbons (Fsp3) is 0.462. The van der Waals surface area contributed by atoms with Gasteiger partial charge in [-0.2, -0.15) is 0 Å². The minimum absolute atomic E-state index is 0. The minimum atomic E-state index is 0. The van der Waals surface area contributed by atoms with Gasteiger partial charge in [0.25, 0.3) is 0 Å². The van der Waals surface area contributed by atoms with E-state index < -0.39 is 0 Å². The number of hydrogen-bond acceptors (Lipinski definition) is 3. The van der Waals surface area contributed by atoms with Gasteiger partial charge in [0.2, 0.25) is 0 Å². The van der Waals surface area contributed by atoms with E-state index in [1.807, 2.05) is 22.7 Å². The second-order valence-electron chi connectivity index (χ2n) is 4.94. The summed E-state index contributed by atoms with van der Waals surface area (Å²) in [5.41, 5.74) is 2.06. The monoisotopic (exact) mass is 300 g/mol. The van der Waals surface area contributed by atoms with Crippen LogP contribution in [-0.4, -0.2) is 40.0 Å². The van der Waals surface area contributed by atoms with Crippen LogP contribution in [-0.2, 0) is 6.54 Å². The lowest BCUT2D eigenvalue weighted by Gasteiger charge is -2.31. The molecule has 1 fully saturated rings. The third-order valence-electron chi connectivity index (χ3n) is 3.30. The summed E-state index contributed by atoms with van der Waals surface area (Å²) in [6.07, 6.45) is 3.96. The van der Waals surface area contributed by atoms with Crippen molar-refractivity contribution in [3.8, 4) is 0 Å². The first kappa shape index (κ1) is 14.6. The molecule has 0 aliphatic carbocycles. The Morgan fingerprint density at radius 3 is 3.05 bits per heavy atom. The van der Waals surface area contributed by atoms with E-state index in [2.05, 4.69) is 28.3 Å². The first-order chi connectivity index (χ1) is 8.70. The van der Waals surface area contributed by atoms with E-state index in [0.29, 0.717) is 6.04 Å². The van der Waals surface area contributed by atoms with Crippen molar-refractivity contribution < 1.29 is 0 Å². The van der Waals surface area contributed by atoms with Crippen molar-refractivity contribution in [2.24, 2.45) is 0 Å². The number of imidazole rings is 1. The van der Waals surface area contributed by atoms with Crippen LogP contribution in [0.5, 0.6) is 0 Å². The molecule has 2 aromatic rings. The van der Waals surface area contributed by atoms with Gasteiger partial charge in [0.05, 0.1) is 10.7 Å². The van der Waals surface area contributed by atoms with E-state index >= 15 is 0 Å². The maximum absolute atomic E-state index is 5.97. The summed E-state index contributed by atoms with van der Waals surface area (Å²) in [5.74, 6) is 0. The summed E-state index contributed by atoms with van der Waals surface area (Å²) in [5, 5.41) is 4.19. The Hall–Kier alpha value is -0.810. The summed E-state index contributed by atoms with van der Waals surface area (Å²) in [6, 6.07) is 4.39. The Morgan fingerprint density at radius 1 is 1.42 bits per heavy atom. The van der Waals surface area contributed by atoms with Crippen LogP contribution in [0.2, 0.25) is 5.02 Å². The zero-order chi connectivity index (χ0) is 12.5. The van der Waals surface area contributed by atoms with Crippen molar-refractivity contribution in [2.45, 2.75) is 19.5 Å². The van der Waals surface area contributed by atoms with Crippen molar-refractivity contribution >= 4 is 29.7 Å². The molecule has 0 saturated carbocycles. The molecule has 104 valence electrons. The zero-order valence-corrected chi connectivity index (χ0v) is 12.4. The van der Waals surface area contributed by atoms with Crippen molar-refractivity contribution in [3.05, 3.63) is 35.2 Å². The molecule has 1 atom stereocenters. The Morgan fingerprint density at radius 2 is 2.26 bits per heavy atom. The van der Waals surface area contributed by atoms with E-state index in [9.17, 15) is 0 Å². The highest BCUT2D eigenvalue weighted by Crippen LogP contribution is 2.13. The van der Waals surface area contributed by atoms with Crippen LogP contribution in [0.1, 0.15) is 12.6 Å². The molecule has 2 aromatic heterocycles. The van der Waals surface area contributed by atoms with E-state index in [1.54, 1.807) is 0 Å². The molecule has 6 heteroatoms. The Kier molecular flexibility index (Phi) is 4.68. The number of fused-ring (bicyclic) bond motifs is 1. The molecule has 0 bridgehead atoms. The van der Waals surface area contributed by atoms with Crippen LogP contribution in [0.4, 0.5) is 0 Å². The van der Waals surface area contributed by atoms with Gasteiger partial charge < -0.3 is 9.72 Å². The highest BCUT2D eigenvalue weighted by atomic mass is 35.5. The van der Waals surface area contributed by atoms with Crippen molar-refractivity contribution in [3.63, 3.8) is 0 Å². The second kappa shape index (κ2) is 6.09. The summed E-state index contributed by atoms with van der Waals surface area (Å²) in [7, 11) is 0. The average molecular weight is 301 g/mol. The molecule has 1 unspecified atom stereocenters. The largest absolute Gasteiger partial charge is 0.312 e. The maximum Gasteiger partial charge on any atom is 0.137 e. The van der Waals surface area contributed by atoms with E-state index in [0.717, 1.165) is 42.5 Å². The number of nitrogens with one attached hydrogen (secondary N) is 1. The number of nitrogens with zero attached hydrogens (tertiary/aromatic N) is 3. The average Bonchev–Trinajstić information content (AvgIpc) is 2.70. The molecular formula is C13H18Cl2N4. The number of rotatable bonds is 2. The second-order valence-corrected chi connectivity index (χ2v) is 5.37. The van der Waals surface area contributed by atoms with Gasteiger partial charge in [0, 0.05) is 44.6 Å². The molecule has 0 amide bonds. The fourth-order valence-corrected chi connectivity index (χ4v) is 2.65. The molecule has 3 rings (SSSR count). The summed E-state index contributed by atoms with van der Waals surface area (Å²) in [4.78, 5) is 7.05. The maximum atomic E-state index is 5.97. The van der Waals surface area contributed by atoms with Gasteiger partial charge in [0.1, 0.15) is 5.65 Å². The van der Waals surface area contributed by atoms with Crippen LogP contribution in [0.3, 0.4) is 0 Å². The fourth-order valence-electron chi connectivity index (χ4n) is 2.48. The van der Waals surface area contributed by atoms with Crippen LogP contribution < -0.4 is 5.32 Å². The quantitative estimate of drug-likeness (QED) is 0.923. The van der Waals surface area contributed by atoms with Gasteiger partial charge in [-0.05, 0) is 19.1 Å². The third kappa shape index (κ3) is 3.39. The van der Waals surface area contributed by atoms with Crippen LogP contribution >= 0.6 is 24.0 Å². The standard InChI is InChI=1S/C13H17ClN4.ClH/c1-10-6-17(5-4-15-10)8-12-9-18-7-11(14)2-3-13(18)16-12;/h2-3,7,9-10,15H,4-6,8H2,1H3;1H. The Balaban J connectivity index is 0.00000133. The lowest BCUT2D eigenvalue weighted by Crippen LogP contribution is -2.48. The first-order valence-corrected chi connectivity index (χ1v) is 6.67. The van der Waals surface area contributed by atoms with Gasteiger partial charge in [0.15, 0.2) is 0 Å². The summed E-state index contributed by atoms with van der Waals surface area (Å²) in [6.45, 7) is 6.34. The summed E-state index contributed by atoms with van der Waals surface area (Å²) < 4.78 is 1.99. The smallest absolute Gasteiger partial charge is 0.137 e. The number of hydrogen-bond donors (Lipinski definition) is 1. The Labute approximate surface area is 124 Å². The number of pyridine rings is 1. The molecule has 1 N–H and O–H groups in total. The highest BCUT2D eigenvalue weighted by Gasteiger charge is 2.16. The zero-order valence-electron chi connectivity index (χ0n) is 10.8. The first-order valence-electron chi connectivity index (χ1n) is 6.29. The van der Waals surface area contributed by atoms with Crippen molar-refractivity contribution in [1.82, 2.24) is 19.6 Å². The predicted octanol–water partition coefficient (Wildman–Crippen LogP) is 2.20. The van der Waals surface area contributed by atoms with Gasteiger partial charge >= 0.3 is 0 Å². The molecule has 1 aliphatic rings. The van der Waals surface area contributed by atoms with E-state index in [1.165, 1.54) is 0 Å². The number of aromatic nitrogens is 2. The SMILES string of the molecule is CC1CN(Cc2cn3cc(Cl)ccc3n2)CCN1.Cl. The molecule has 4 nitrogen and oxygen atoms in total. The molecule has 1 aliphatic heterocycles. The molecule has 0 aromatic carbocycles. The highest BCUT2D eigenvalue weighted by molar-refractivity contribution is 6.30. The molecule has 19 heavy (non-hydrogen) atoms. The predicted molar refractivity (Wildman–Crippen MR) is 80.2 cm³/mol.